The molecule has 1 aromatic carbocycles. The summed E-state index contributed by atoms with van der Waals surface area (Å²) in [7, 11) is 1.58. The number of allylic oxidation sites excluding steroid dienone is 1. The number of hydrogen-bond acceptors (Lipinski definition) is 8. The SMILES string of the molecule is COc1ccc(CC(CC(=O)[C@H](C)NC(=O)CN2CCOCC2)C(=O)N[C@@H](CC2=CCCCC2)C(=O)[C@@]2(C)CO2)cc1. The van der Waals surface area contributed by atoms with Gasteiger partial charge in [-0.1, -0.05) is 23.8 Å². The van der Waals surface area contributed by atoms with Crippen molar-refractivity contribution in [2.24, 2.45) is 5.92 Å². The van der Waals surface area contributed by atoms with Crippen molar-refractivity contribution >= 4 is 23.4 Å². The standard InChI is InChI=1S/C32H45N3O7/c1-22(33-29(37)20-35-13-15-41-16-14-35)28(36)19-25(17-24-9-11-26(40-3)12-10-24)31(39)34-27(30(38)32(2)21-42-32)18-23-7-5-4-6-8-23/h7,9-12,22,25,27H,4-6,8,13-21H2,1-3H3,(H,33,37)(H,34,39)/t22-,25?,27-,32+/m0/s1. The molecule has 4 rings (SSSR count). The summed E-state index contributed by atoms with van der Waals surface area (Å²) in [6.07, 6.45) is 6.92. The van der Waals surface area contributed by atoms with Crippen LogP contribution in [0.15, 0.2) is 35.9 Å². The molecular weight excluding hydrogens is 538 g/mol. The van der Waals surface area contributed by atoms with Crippen LogP contribution < -0.4 is 15.4 Å². The third kappa shape index (κ3) is 9.21. The lowest BCUT2D eigenvalue weighted by Crippen LogP contribution is -2.50. The lowest BCUT2D eigenvalue weighted by atomic mass is 9.88. The predicted molar refractivity (Wildman–Crippen MR) is 157 cm³/mol. The summed E-state index contributed by atoms with van der Waals surface area (Å²) < 4.78 is 16.0. The van der Waals surface area contributed by atoms with Gasteiger partial charge >= 0.3 is 0 Å². The molecule has 0 radical (unpaired) electrons. The Hall–Kier alpha value is -3.08. The highest BCUT2D eigenvalue weighted by molar-refractivity contribution is 5.98. The van der Waals surface area contributed by atoms with Gasteiger partial charge in [0, 0.05) is 25.4 Å². The average molecular weight is 584 g/mol. The monoisotopic (exact) mass is 583 g/mol. The van der Waals surface area contributed by atoms with Gasteiger partial charge in [-0.15, -0.1) is 0 Å². The minimum atomic E-state index is -0.881. The molecule has 230 valence electrons. The van der Waals surface area contributed by atoms with Crippen LogP contribution in [-0.2, 0) is 35.1 Å². The number of amides is 2. The van der Waals surface area contributed by atoms with Crippen LogP contribution in [-0.4, -0.2) is 92.5 Å². The van der Waals surface area contributed by atoms with Gasteiger partial charge in [-0.25, -0.2) is 0 Å². The number of hydrogen-bond donors (Lipinski definition) is 2. The van der Waals surface area contributed by atoms with Crippen LogP contribution in [0.3, 0.4) is 0 Å². The van der Waals surface area contributed by atoms with Gasteiger partial charge in [0.1, 0.15) is 11.4 Å². The van der Waals surface area contributed by atoms with E-state index in [9.17, 15) is 19.2 Å². The van der Waals surface area contributed by atoms with Crippen molar-refractivity contribution in [3.8, 4) is 5.75 Å². The largest absolute Gasteiger partial charge is 0.497 e. The Morgan fingerprint density at radius 2 is 1.76 bits per heavy atom. The molecule has 0 aromatic heterocycles. The van der Waals surface area contributed by atoms with Crippen LogP contribution in [0.25, 0.3) is 0 Å². The summed E-state index contributed by atoms with van der Waals surface area (Å²) >= 11 is 0. The number of epoxide rings is 1. The molecule has 10 heteroatoms. The second kappa shape index (κ2) is 14.9. The lowest BCUT2D eigenvalue weighted by molar-refractivity contribution is -0.134. The Bertz CT molecular complexity index is 1140. The number of morpholine rings is 1. The molecule has 1 aliphatic carbocycles. The van der Waals surface area contributed by atoms with Gasteiger partial charge in [0.15, 0.2) is 11.6 Å². The number of benzene rings is 1. The van der Waals surface area contributed by atoms with Gasteiger partial charge in [-0.05, 0) is 70.1 Å². The number of nitrogens with zero attached hydrogens (tertiary/aromatic N) is 1. The molecule has 2 N–H and O–H groups in total. The van der Waals surface area contributed by atoms with E-state index in [-0.39, 0.29) is 36.3 Å². The maximum atomic E-state index is 13.8. The van der Waals surface area contributed by atoms with E-state index in [1.54, 1.807) is 21.0 Å². The van der Waals surface area contributed by atoms with Gasteiger partial charge in [-0.3, -0.25) is 24.1 Å². The number of carbonyl (C=O) groups excluding carboxylic acids is 4. The third-order valence-corrected chi connectivity index (χ3v) is 8.37. The molecule has 0 bridgehead atoms. The fourth-order valence-electron chi connectivity index (χ4n) is 5.52. The molecule has 42 heavy (non-hydrogen) atoms. The zero-order chi connectivity index (χ0) is 30.1. The molecule has 1 aromatic rings. The quantitative estimate of drug-likeness (QED) is 0.238. The van der Waals surface area contributed by atoms with Crippen LogP contribution in [0, 0.1) is 5.92 Å². The van der Waals surface area contributed by atoms with Crippen LogP contribution in [0.1, 0.15) is 57.9 Å². The van der Waals surface area contributed by atoms with Crippen LogP contribution in [0.2, 0.25) is 0 Å². The van der Waals surface area contributed by atoms with Gasteiger partial charge < -0.3 is 24.8 Å². The highest BCUT2D eigenvalue weighted by Gasteiger charge is 2.50. The molecule has 3 aliphatic rings. The summed E-state index contributed by atoms with van der Waals surface area (Å²) in [4.78, 5) is 55.1. The fraction of sp³-hybridized carbons (Fsp3) is 0.625. The smallest absolute Gasteiger partial charge is 0.234 e. The van der Waals surface area contributed by atoms with Gasteiger partial charge in [0.25, 0.3) is 0 Å². The topological polar surface area (TPSA) is 127 Å². The number of ether oxygens (including phenoxy) is 3. The van der Waals surface area contributed by atoms with Crippen molar-refractivity contribution in [3.63, 3.8) is 0 Å². The van der Waals surface area contributed by atoms with Gasteiger partial charge in [0.05, 0.1) is 45.6 Å². The van der Waals surface area contributed by atoms with E-state index < -0.39 is 23.6 Å². The number of Topliss-reactive ketones (excluding diaryl/α,β-unsaturated/α-hetero) is 2. The molecular formula is C32H45N3O7. The van der Waals surface area contributed by atoms with Gasteiger partial charge in [-0.2, -0.15) is 0 Å². The fourth-order valence-corrected chi connectivity index (χ4v) is 5.52. The maximum absolute atomic E-state index is 13.8. The van der Waals surface area contributed by atoms with Gasteiger partial charge in [0.2, 0.25) is 11.8 Å². The van der Waals surface area contributed by atoms with E-state index >= 15 is 0 Å². The van der Waals surface area contributed by atoms with E-state index in [0.29, 0.717) is 51.5 Å². The Morgan fingerprint density at radius 1 is 1.05 bits per heavy atom. The summed E-state index contributed by atoms with van der Waals surface area (Å²) in [6.45, 7) is 6.43. The lowest BCUT2D eigenvalue weighted by Gasteiger charge is -2.27. The molecule has 4 atom stereocenters. The molecule has 2 saturated heterocycles. The normalized spacial score (nSPS) is 22.7. The molecule has 2 fully saturated rings. The van der Waals surface area contributed by atoms with Crippen molar-refractivity contribution in [1.82, 2.24) is 15.5 Å². The van der Waals surface area contributed by atoms with Crippen LogP contribution >= 0.6 is 0 Å². The van der Waals surface area contributed by atoms with E-state index in [4.69, 9.17) is 14.2 Å². The highest BCUT2D eigenvalue weighted by Crippen LogP contribution is 2.31. The zero-order valence-electron chi connectivity index (χ0n) is 25.1. The third-order valence-electron chi connectivity index (χ3n) is 8.37. The van der Waals surface area contributed by atoms with Crippen molar-refractivity contribution in [2.75, 3.05) is 46.6 Å². The number of carbonyl (C=O) groups is 4. The first kappa shape index (κ1) is 31.8. The Kier molecular flexibility index (Phi) is 11.3. The minimum Gasteiger partial charge on any atom is -0.497 e. The highest BCUT2D eigenvalue weighted by atomic mass is 16.6. The van der Waals surface area contributed by atoms with E-state index in [2.05, 4.69) is 16.7 Å². The molecule has 2 heterocycles. The van der Waals surface area contributed by atoms with Crippen LogP contribution in [0.4, 0.5) is 0 Å². The zero-order valence-corrected chi connectivity index (χ0v) is 25.1. The second-order valence-electron chi connectivity index (χ2n) is 11.9. The van der Waals surface area contributed by atoms with E-state index in [0.717, 1.165) is 31.2 Å². The summed E-state index contributed by atoms with van der Waals surface area (Å²) in [5, 5.41) is 5.79. The van der Waals surface area contributed by atoms with E-state index in [1.165, 1.54) is 5.57 Å². The molecule has 1 unspecified atom stereocenters. The number of ketones is 2. The Morgan fingerprint density at radius 3 is 2.38 bits per heavy atom. The minimum absolute atomic E-state index is 0.0752. The van der Waals surface area contributed by atoms with Crippen molar-refractivity contribution in [2.45, 2.75) is 76.5 Å². The summed E-state index contributed by atoms with van der Waals surface area (Å²) in [5.74, 6) is -1.01. The number of methoxy groups -OCH3 is 1. The van der Waals surface area contributed by atoms with Crippen LogP contribution in [0.5, 0.6) is 5.75 Å². The molecule has 0 spiro atoms. The molecule has 10 nitrogen and oxygen atoms in total. The first-order valence-corrected chi connectivity index (χ1v) is 15.1. The Labute approximate surface area is 248 Å². The number of rotatable bonds is 15. The second-order valence-corrected chi connectivity index (χ2v) is 11.9. The summed E-state index contributed by atoms with van der Waals surface area (Å²) in [5.41, 5.74) is 1.15. The van der Waals surface area contributed by atoms with Crippen molar-refractivity contribution in [3.05, 3.63) is 41.5 Å². The molecule has 2 aliphatic heterocycles. The Balaban J connectivity index is 1.45. The average Bonchev–Trinajstić information content (AvgIpc) is 3.75. The van der Waals surface area contributed by atoms with Crippen molar-refractivity contribution < 1.29 is 33.4 Å². The number of nitrogens with one attached hydrogen (secondary N) is 2. The first-order valence-electron chi connectivity index (χ1n) is 15.1. The predicted octanol–water partition coefficient (Wildman–Crippen LogP) is 2.38. The van der Waals surface area contributed by atoms with E-state index in [1.807, 2.05) is 29.2 Å². The first-order chi connectivity index (χ1) is 20.2. The molecule has 2 amide bonds. The van der Waals surface area contributed by atoms with Crippen molar-refractivity contribution in [1.29, 1.82) is 0 Å². The maximum Gasteiger partial charge on any atom is 0.234 e. The summed E-state index contributed by atoms with van der Waals surface area (Å²) in [6, 6.07) is 5.88. The molecule has 0 saturated carbocycles.